The molecule has 0 heterocycles. The van der Waals surface area contributed by atoms with Gasteiger partial charge in [-0.1, -0.05) is 23.4 Å². The molecule has 3 N–H and O–H groups in total. The van der Waals surface area contributed by atoms with E-state index < -0.39 is 0 Å². The monoisotopic (exact) mass is 267 g/mol. The molecule has 0 aliphatic rings. The molecule has 1 aromatic rings. The van der Waals surface area contributed by atoms with Gasteiger partial charge in [0.05, 0.1) is 5.75 Å². The molecule has 0 fully saturated rings. The molecule has 1 rings (SSSR count). The number of hydrogen-bond donors (Lipinski definition) is 2. The molecular formula is C12H17N3O2S. The van der Waals surface area contributed by atoms with Gasteiger partial charge in [0.2, 0.25) is 5.91 Å². The highest BCUT2D eigenvalue weighted by atomic mass is 32.2. The molecule has 0 aliphatic heterocycles. The van der Waals surface area contributed by atoms with Gasteiger partial charge in [0.25, 0.3) is 0 Å². The third-order valence-electron chi connectivity index (χ3n) is 2.36. The van der Waals surface area contributed by atoms with E-state index in [9.17, 15) is 4.79 Å². The zero-order valence-corrected chi connectivity index (χ0v) is 11.1. The summed E-state index contributed by atoms with van der Waals surface area (Å²) < 4.78 is 0. The van der Waals surface area contributed by atoms with Crippen LogP contribution in [0.15, 0.2) is 35.5 Å². The summed E-state index contributed by atoms with van der Waals surface area (Å²) in [5.74, 6) is 0.540. The molecular weight excluding hydrogens is 250 g/mol. The lowest BCUT2D eigenvalue weighted by Gasteiger charge is -2.22. The van der Waals surface area contributed by atoms with Crippen LogP contribution in [0, 0.1) is 0 Å². The third kappa shape index (κ3) is 4.29. The van der Waals surface area contributed by atoms with Gasteiger partial charge in [-0.05, 0) is 18.4 Å². The Kier molecular flexibility index (Phi) is 6.07. The lowest BCUT2D eigenvalue weighted by molar-refractivity contribution is -0.116. The lowest BCUT2D eigenvalue weighted by Crippen LogP contribution is -2.35. The minimum absolute atomic E-state index is 0.0134. The first-order chi connectivity index (χ1) is 8.69. The van der Waals surface area contributed by atoms with Crippen molar-refractivity contribution in [2.45, 2.75) is 6.42 Å². The molecule has 0 saturated heterocycles. The van der Waals surface area contributed by atoms with Crippen LogP contribution in [-0.4, -0.2) is 35.5 Å². The molecule has 0 saturated carbocycles. The van der Waals surface area contributed by atoms with Gasteiger partial charge in [-0.3, -0.25) is 4.79 Å². The Labute approximate surface area is 111 Å². The number of thioether (sulfide) groups is 1. The summed E-state index contributed by atoms with van der Waals surface area (Å²) in [6.07, 6.45) is 2.22. The fraction of sp³-hybridized carbons (Fsp3) is 0.333. The molecule has 6 heteroatoms. The van der Waals surface area contributed by atoms with Crippen LogP contribution in [0.1, 0.15) is 6.42 Å². The zero-order chi connectivity index (χ0) is 13.4. The van der Waals surface area contributed by atoms with Crippen LogP contribution in [0.25, 0.3) is 0 Å². The second kappa shape index (κ2) is 7.60. The maximum atomic E-state index is 12.0. The standard InChI is InChI=1S/C12H17N3O2S/c1-18-9-12(16)15(8-7-11(13)14-17)10-5-3-2-4-6-10/h2-6,17H,7-9H2,1H3,(H2,13,14). The number of carbonyl (C=O) groups is 1. The third-order valence-corrected chi connectivity index (χ3v) is 2.89. The molecule has 0 radical (unpaired) electrons. The van der Waals surface area contributed by atoms with Crippen LogP contribution in [0.5, 0.6) is 0 Å². The number of nitrogens with zero attached hydrogens (tertiary/aromatic N) is 2. The average molecular weight is 267 g/mol. The SMILES string of the molecule is CSCC(=O)N(CCC(N)=NO)c1ccccc1. The van der Waals surface area contributed by atoms with E-state index in [1.54, 1.807) is 4.90 Å². The van der Waals surface area contributed by atoms with Gasteiger partial charge in [0.1, 0.15) is 5.84 Å². The van der Waals surface area contributed by atoms with Crippen molar-refractivity contribution in [1.29, 1.82) is 0 Å². The van der Waals surface area contributed by atoms with Crippen molar-refractivity contribution in [2.24, 2.45) is 10.9 Å². The van der Waals surface area contributed by atoms with Crippen molar-refractivity contribution >= 4 is 29.2 Å². The minimum Gasteiger partial charge on any atom is -0.409 e. The highest BCUT2D eigenvalue weighted by molar-refractivity contribution is 7.99. The van der Waals surface area contributed by atoms with E-state index in [4.69, 9.17) is 10.9 Å². The maximum absolute atomic E-state index is 12.0. The second-order valence-corrected chi connectivity index (χ2v) is 4.52. The van der Waals surface area contributed by atoms with Crippen LogP contribution in [0.4, 0.5) is 5.69 Å². The average Bonchev–Trinajstić information content (AvgIpc) is 2.40. The highest BCUT2D eigenvalue weighted by Crippen LogP contribution is 2.15. The fourth-order valence-corrected chi connectivity index (χ4v) is 1.89. The summed E-state index contributed by atoms with van der Waals surface area (Å²) in [7, 11) is 0. The van der Waals surface area contributed by atoms with Crippen molar-refractivity contribution in [3.63, 3.8) is 0 Å². The Balaban J connectivity index is 2.79. The molecule has 1 amide bonds. The van der Waals surface area contributed by atoms with Gasteiger partial charge in [-0.2, -0.15) is 11.8 Å². The summed E-state index contributed by atoms with van der Waals surface area (Å²) >= 11 is 1.47. The molecule has 0 aromatic heterocycles. The lowest BCUT2D eigenvalue weighted by atomic mass is 10.2. The number of anilines is 1. The van der Waals surface area contributed by atoms with E-state index in [0.29, 0.717) is 18.7 Å². The number of oxime groups is 1. The van der Waals surface area contributed by atoms with Crippen LogP contribution < -0.4 is 10.6 Å². The molecule has 1 aromatic carbocycles. The van der Waals surface area contributed by atoms with Gasteiger partial charge in [0.15, 0.2) is 0 Å². The molecule has 18 heavy (non-hydrogen) atoms. The molecule has 5 nitrogen and oxygen atoms in total. The second-order valence-electron chi connectivity index (χ2n) is 3.66. The maximum Gasteiger partial charge on any atom is 0.236 e. The van der Waals surface area contributed by atoms with E-state index in [1.807, 2.05) is 36.6 Å². The van der Waals surface area contributed by atoms with E-state index in [1.165, 1.54) is 11.8 Å². The molecule has 98 valence electrons. The number of para-hydroxylation sites is 1. The molecule has 0 aliphatic carbocycles. The van der Waals surface area contributed by atoms with Crippen molar-refractivity contribution in [3.05, 3.63) is 30.3 Å². The van der Waals surface area contributed by atoms with Gasteiger partial charge in [0, 0.05) is 18.7 Å². The van der Waals surface area contributed by atoms with Gasteiger partial charge in [-0.15, -0.1) is 0 Å². The number of benzene rings is 1. The van der Waals surface area contributed by atoms with Crippen LogP contribution in [-0.2, 0) is 4.79 Å². The summed E-state index contributed by atoms with van der Waals surface area (Å²) in [6, 6.07) is 9.37. The van der Waals surface area contributed by atoms with Gasteiger partial charge in [-0.25, -0.2) is 0 Å². The Morgan fingerprint density at radius 2 is 2.11 bits per heavy atom. The predicted molar refractivity (Wildman–Crippen MR) is 75.2 cm³/mol. The largest absolute Gasteiger partial charge is 0.409 e. The Morgan fingerprint density at radius 3 is 2.67 bits per heavy atom. The molecule has 0 atom stereocenters. The van der Waals surface area contributed by atoms with Crippen LogP contribution in [0.2, 0.25) is 0 Å². The summed E-state index contributed by atoms with van der Waals surface area (Å²) in [5, 5.41) is 11.4. The summed E-state index contributed by atoms with van der Waals surface area (Å²) in [6.45, 7) is 0.402. The van der Waals surface area contributed by atoms with E-state index in [-0.39, 0.29) is 11.7 Å². The van der Waals surface area contributed by atoms with E-state index in [0.717, 1.165) is 5.69 Å². The zero-order valence-electron chi connectivity index (χ0n) is 10.2. The fourth-order valence-electron chi connectivity index (χ4n) is 1.48. The Hall–Kier alpha value is -1.69. The van der Waals surface area contributed by atoms with Gasteiger partial charge >= 0.3 is 0 Å². The number of nitrogens with two attached hydrogens (primary N) is 1. The number of rotatable bonds is 6. The van der Waals surface area contributed by atoms with Crippen LogP contribution >= 0.6 is 11.8 Å². The predicted octanol–water partition coefficient (Wildman–Crippen LogP) is 1.52. The minimum atomic E-state index is 0.0134. The van der Waals surface area contributed by atoms with Crippen molar-refractivity contribution in [1.82, 2.24) is 0 Å². The van der Waals surface area contributed by atoms with Crippen molar-refractivity contribution < 1.29 is 10.0 Å². The normalized spacial score (nSPS) is 11.3. The highest BCUT2D eigenvalue weighted by Gasteiger charge is 2.15. The summed E-state index contributed by atoms with van der Waals surface area (Å²) in [5.41, 5.74) is 6.25. The van der Waals surface area contributed by atoms with E-state index >= 15 is 0 Å². The first-order valence-electron chi connectivity index (χ1n) is 5.49. The topological polar surface area (TPSA) is 78.9 Å². The molecule has 0 spiro atoms. The first-order valence-corrected chi connectivity index (χ1v) is 6.89. The number of amidine groups is 1. The van der Waals surface area contributed by atoms with Gasteiger partial charge < -0.3 is 15.8 Å². The number of amides is 1. The Morgan fingerprint density at radius 1 is 1.44 bits per heavy atom. The smallest absolute Gasteiger partial charge is 0.236 e. The number of carbonyl (C=O) groups excluding carboxylic acids is 1. The first kappa shape index (κ1) is 14.4. The summed E-state index contributed by atoms with van der Waals surface area (Å²) in [4.78, 5) is 13.7. The van der Waals surface area contributed by atoms with Crippen LogP contribution in [0.3, 0.4) is 0 Å². The molecule has 0 bridgehead atoms. The van der Waals surface area contributed by atoms with Crippen molar-refractivity contribution in [3.8, 4) is 0 Å². The van der Waals surface area contributed by atoms with E-state index in [2.05, 4.69) is 5.16 Å². The quantitative estimate of drug-likeness (QED) is 0.354. The number of hydrogen-bond acceptors (Lipinski definition) is 4. The van der Waals surface area contributed by atoms with Crippen molar-refractivity contribution in [2.75, 3.05) is 23.5 Å². The Bertz CT molecular complexity index is 409. The molecule has 0 unspecified atom stereocenters.